The van der Waals surface area contributed by atoms with Crippen molar-refractivity contribution < 1.29 is 21.3 Å². The van der Waals surface area contributed by atoms with Crippen molar-refractivity contribution in [1.82, 2.24) is 4.98 Å². The van der Waals surface area contributed by atoms with Gasteiger partial charge in [0.05, 0.1) is 10.0 Å². The molecular weight excluding hydrogens is 538 g/mol. The van der Waals surface area contributed by atoms with Crippen LogP contribution in [0.25, 0.3) is 22.6 Å². The second kappa shape index (κ2) is 8.71. The Hall–Kier alpha value is -2.90. The number of benzene rings is 2. The van der Waals surface area contributed by atoms with Gasteiger partial charge in [-0.05, 0) is 66.0 Å². The third kappa shape index (κ3) is 4.68. The lowest BCUT2D eigenvalue weighted by Crippen LogP contribution is -2.11. The Morgan fingerprint density at radius 3 is 2.21 bits per heavy atom. The molecule has 0 aliphatic heterocycles. The van der Waals surface area contributed by atoms with Crippen molar-refractivity contribution in [2.45, 2.75) is 8.42 Å². The van der Waals surface area contributed by atoms with Gasteiger partial charge in [-0.1, -0.05) is 17.7 Å². The zero-order chi connectivity index (χ0) is 23.9. The maximum absolute atomic E-state index is 12.5. The predicted molar refractivity (Wildman–Crippen MR) is 135 cm³/mol. The van der Waals surface area contributed by atoms with E-state index in [9.17, 15) is 16.8 Å². The maximum atomic E-state index is 12.5. The lowest BCUT2D eigenvalue weighted by Gasteiger charge is -2.06. The highest BCUT2D eigenvalue weighted by Gasteiger charge is 2.18. The summed E-state index contributed by atoms with van der Waals surface area (Å²) >= 11 is 7.92. The minimum atomic E-state index is -3.74. The minimum Gasteiger partial charge on any atom is -0.436 e. The molecule has 13 heteroatoms. The fourth-order valence-corrected chi connectivity index (χ4v) is 7.65. The fraction of sp³-hybridized carbons (Fsp3) is 0. The summed E-state index contributed by atoms with van der Waals surface area (Å²) in [5.74, 6) is 0.313. The molecule has 3 heterocycles. The van der Waals surface area contributed by atoms with Crippen LogP contribution in [0.1, 0.15) is 0 Å². The summed E-state index contributed by atoms with van der Waals surface area (Å²) in [6, 6.07) is 17.5. The molecule has 0 aliphatic rings. The molecule has 0 fully saturated rings. The van der Waals surface area contributed by atoms with Crippen LogP contribution in [0.4, 0.5) is 11.4 Å². The molecule has 5 aromatic rings. The summed E-state index contributed by atoms with van der Waals surface area (Å²) in [6.07, 6.45) is 0. The summed E-state index contributed by atoms with van der Waals surface area (Å²) in [6.45, 7) is 0. The van der Waals surface area contributed by atoms with Gasteiger partial charge in [0.1, 0.15) is 13.9 Å². The number of nitrogens with zero attached hydrogens (tertiary/aromatic N) is 1. The number of aromatic nitrogens is 1. The van der Waals surface area contributed by atoms with Crippen LogP contribution in [0.2, 0.25) is 4.34 Å². The molecule has 3 aromatic heterocycles. The van der Waals surface area contributed by atoms with Crippen molar-refractivity contribution in [1.29, 1.82) is 0 Å². The van der Waals surface area contributed by atoms with Crippen LogP contribution in [0.3, 0.4) is 0 Å². The molecule has 2 aromatic carbocycles. The minimum absolute atomic E-state index is 0.117. The first-order chi connectivity index (χ1) is 16.2. The highest BCUT2D eigenvalue weighted by molar-refractivity contribution is 7.95. The summed E-state index contributed by atoms with van der Waals surface area (Å²) in [5, 5.41) is 1.69. The topological polar surface area (TPSA) is 118 Å². The molecular formula is C21H14ClN3O5S4. The maximum Gasteiger partial charge on any atom is 0.271 e. The monoisotopic (exact) mass is 551 g/mol. The molecule has 5 rings (SSSR count). The van der Waals surface area contributed by atoms with Crippen LogP contribution in [0, 0.1) is 0 Å². The molecule has 34 heavy (non-hydrogen) atoms. The van der Waals surface area contributed by atoms with Gasteiger partial charge in [-0.25, -0.2) is 21.8 Å². The molecule has 0 atom stereocenters. The molecule has 0 aliphatic carbocycles. The largest absolute Gasteiger partial charge is 0.436 e. The van der Waals surface area contributed by atoms with Gasteiger partial charge in [0.2, 0.25) is 5.89 Å². The zero-order valence-corrected chi connectivity index (χ0v) is 20.9. The van der Waals surface area contributed by atoms with Crippen molar-refractivity contribution in [2.75, 3.05) is 9.44 Å². The molecule has 0 saturated carbocycles. The molecule has 0 radical (unpaired) electrons. The van der Waals surface area contributed by atoms with Crippen LogP contribution in [0.15, 0.2) is 84.9 Å². The number of hydrogen-bond donors (Lipinski definition) is 2. The van der Waals surface area contributed by atoms with Crippen molar-refractivity contribution in [3.63, 3.8) is 0 Å². The Labute approximate surface area is 208 Å². The molecule has 0 unspecified atom stereocenters. The number of anilines is 2. The van der Waals surface area contributed by atoms with Gasteiger partial charge in [-0.2, -0.15) is 0 Å². The van der Waals surface area contributed by atoms with E-state index >= 15 is 0 Å². The summed E-state index contributed by atoms with van der Waals surface area (Å²) in [7, 11) is -7.41. The average molecular weight is 552 g/mol. The standard InChI is InChI=1S/C21H14ClN3O5S4/c22-18-9-10-20(32-18)34(28,29)24-14-5-3-13(4-6-14)21-23-16-12-15(7-8-17(16)30-21)25-33(26,27)19-2-1-11-31-19/h1-12,24-25H. The number of nitrogens with one attached hydrogen (secondary N) is 2. The number of rotatable bonds is 7. The third-order valence-corrected chi connectivity index (χ3v) is 10.5. The van der Waals surface area contributed by atoms with Crippen molar-refractivity contribution >= 4 is 76.8 Å². The van der Waals surface area contributed by atoms with Crippen molar-refractivity contribution in [3.8, 4) is 11.5 Å². The van der Waals surface area contributed by atoms with Crippen LogP contribution in [0.5, 0.6) is 0 Å². The van der Waals surface area contributed by atoms with Gasteiger partial charge in [0.25, 0.3) is 20.0 Å². The zero-order valence-electron chi connectivity index (χ0n) is 16.9. The highest BCUT2D eigenvalue weighted by atomic mass is 35.5. The quantitative estimate of drug-likeness (QED) is 0.261. The number of fused-ring (bicyclic) bond motifs is 1. The SMILES string of the molecule is O=S(=O)(Nc1ccc2oc(-c3ccc(NS(=O)(=O)c4ccc(Cl)s4)cc3)nc2c1)c1cccs1. The van der Waals surface area contributed by atoms with Gasteiger partial charge < -0.3 is 4.42 Å². The van der Waals surface area contributed by atoms with E-state index in [-0.39, 0.29) is 8.42 Å². The van der Waals surface area contributed by atoms with E-state index in [4.69, 9.17) is 16.0 Å². The first-order valence-electron chi connectivity index (χ1n) is 9.55. The van der Waals surface area contributed by atoms with E-state index in [0.29, 0.717) is 38.3 Å². The molecule has 0 amide bonds. The molecule has 2 N–H and O–H groups in total. The first kappa shape index (κ1) is 22.9. The van der Waals surface area contributed by atoms with Crippen molar-refractivity contribution in [3.05, 3.63) is 76.4 Å². The van der Waals surface area contributed by atoms with Gasteiger partial charge >= 0.3 is 0 Å². The predicted octanol–water partition coefficient (Wildman–Crippen LogP) is 5.87. The van der Waals surface area contributed by atoms with Gasteiger partial charge in [-0.15, -0.1) is 22.7 Å². The molecule has 0 saturated heterocycles. The number of halogens is 1. The Balaban J connectivity index is 1.36. The van der Waals surface area contributed by atoms with Crippen LogP contribution < -0.4 is 9.44 Å². The number of oxazole rings is 1. The van der Waals surface area contributed by atoms with E-state index in [2.05, 4.69) is 14.4 Å². The van der Waals surface area contributed by atoms with E-state index in [1.165, 1.54) is 18.2 Å². The van der Waals surface area contributed by atoms with Crippen LogP contribution >= 0.6 is 34.3 Å². The molecule has 0 bridgehead atoms. The Bertz CT molecular complexity index is 1690. The van der Waals surface area contributed by atoms with Crippen LogP contribution in [-0.4, -0.2) is 21.8 Å². The molecule has 8 nitrogen and oxygen atoms in total. The van der Waals surface area contributed by atoms with E-state index < -0.39 is 20.0 Å². The van der Waals surface area contributed by atoms with Gasteiger partial charge in [0, 0.05) is 11.3 Å². The first-order valence-corrected chi connectivity index (χ1v) is 14.6. The molecule has 174 valence electrons. The lowest BCUT2D eigenvalue weighted by molar-refractivity contribution is 0.601. The summed E-state index contributed by atoms with van der Waals surface area (Å²) in [5.41, 5.74) is 2.31. The average Bonchev–Trinajstić information content (AvgIpc) is 3.54. The van der Waals surface area contributed by atoms with E-state index in [0.717, 1.165) is 22.7 Å². The Morgan fingerprint density at radius 1 is 0.824 bits per heavy atom. The van der Waals surface area contributed by atoms with Crippen molar-refractivity contribution in [2.24, 2.45) is 0 Å². The fourth-order valence-electron chi connectivity index (χ4n) is 3.06. The Morgan fingerprint density at radius 2 is 1.53 bits per heavy atom. The Kier molecular flexibility index (Phi) is 5.86. The van der Waals surface area contributed by atoms with Gasteiger partial charge in [-0.3, -0.25) is 9.44 Å². The third-order valence-electron chi connectivity index (χ3n) is 4.60. The van der Waals surface area contributed by atoms with E-state index in [1.54, 1.807) is 53.9 Å². The second-order valence-corrected chi connectivity index (χ2v) is 13.5. The lowest BCUT2D eigenvalue weighted by atomic mass is 10.2. The summed E-state index contributed by atoms with van der Waals surface area (Å²) in [4.78, 5) is 4.44. The molecule has 0 spiro atoms. The highest BCUT2D eigenvalue weighted by Crippen LogP contribution is 2.30. The smallest absolute Gasteiger partial charge is 0.271 e. The van der Waals surface area contributed by atoms with Crippen LogP contribution in [-0.2, 0) is 20.0 Å². The number of sulfonamides is 2. The normalized spacial score (nSPS) is 12.1. The van der Waals surface area contributed by atoms with E-state index in [1.807, 2.05) is 0 Å². The number of hydrogen-bond acceptors (Lipinski definition) is 8. The van der Waals surface area contributed by atoms with Gasteiger partial charge in [0.15, 0.2) is 5.58 Å². The second-order valence-electron chi connectivity index (χ2n) is 6.98. The summed E-state index contributed by atoms with van der Waals surface area (Å²) < 4.78 is 61.3. The number of thiophene rings is 2.